The average molecular weight is 282 g/mol. The normalized spacial score (nSPS) is 16.8. The molecule has 5 N–H and O–H groups in total. The van der Waals surface area contributed by atoms with Crippen LogP contribution in [-0.2, 0) is 14.3 Å². The maximum Gasteiger partial charge on any atom is 0.506 e. The highest BCUT2D eigenvalue weighted by Crippen LogP contribution is 2.10. The van der Waals surface area contributed by atoms with Crippen molar-refractivity contribution in [1.29, 1.82) is 0 Å². The first kappa shape index (κ1) is 17.1. The van der Waals surface area contributed by atoms with E-state index in [-0.39, 0.29) is 0 Å². The van der Waals surface area contributed by atoms with Crippen molar-refractivity contribution in [2.24, 2.45) is 0 Å². The SMILES string of the molecule is CC(=O)[C@H](OC(=O)O)[C@@H](O)[C@H](O)[C@H](O)COC(=O)O. The van der Waals surface area contributed by atoms with Crippen LogP contribution in [0.2, 0.25) is 0 Å². The van der Waals surface area contributed by atoms with E-state index in [4.69, 9.17) is 10.2 Å². The summed E-state index contributed by atoms with van der Waals surface area (Å²) in [5.74, 6) is -0.902. The fraction of sp³-hybridized carbons (Fsp3) is 0.667. The number of carbonyl (C=O) groups is 3. The molecule has 0 spiro atoms. The van der Waals surface area contributed by atoms with E-state index >= 15 is 0 Å². The third kappa shape index (κ3) is 5.99. The predicted octanol–water partition coefficient (Wildman–Crippen LogP) is -1.58. The van der Waals surface area contributed by atoms with Crippen LogP contribution in [0.3, 0.4) is 0 Å². The smallest absolute Gasteiger partial charge is 0.450 e. The molecule has 110 valence electrons. The molecule has 0 aromatic heterocycles. The summed E-state index contributed by atoms with van der Waals surface area (Å²) in [6, 6.07) is 0. The van der Waals surface area contributed by atoms with E-state index in [1.807, 2.05) is 0 Å². The van der Waals surface area contributed by atoms with E-state index in [2.05, 4.69) is 9.47 Å². The first-order chi connectivity index (χ1) is 8.66. The number of ether oxygens (including phenoxy) is 2. The van der Waals surface area contributed by atoms with Gasteiger partial charge in [-0.05, 0) is 6.92 Å². The molecule has 0 aromatic rings. The van der Waals surface area contributed by atoms with Crippen molar-refractivity contribution in [3.05, 3.63) is 0 Å². The van der Waals surface area contributed by atoms with Crippen molar-refractivity contribution < 1.29 is 49.4 Å². The lowest BCUT2D eigenvalue weighted by Gasteiger charge is -2.26. The topological polar surface area (TPSA) is 171 Å². The molecule has 19 heavy (non-hydrogen) atoms. The molecule has 0 rings (SSSR count). The second-order valence-corrected chi connectivity index (χ2v) is 3.54. The van der Waals surface area contributed by atoms with Gasteiger partial charge in [0.15, 0.2) is 11.9 Å². The van der Waals surface area contributed by atoms with Gasteiger partial charge in [-0.1, -0.05) is 0 Å². The zero-order chi connectivity index (χ0) is 15.2. The third-order valence-corrected chi connectivity index (χ3v) is 2.06. The minimum atomic E-state index is -2.07. The van der Waals surface area contributed by atoms with Gasteiger partial charge in [-0.3, -0.25) is 4.79 Å². The van der Waals surface area contributed by atoms with E-state index in [1.54, 1.807) is 0 Å². The van der Waals surface area contributed by atoms with E-state index in [0.717, 1.165) is 6.92 Å². The summed E-state index contributed by atoms with van der Waals surface area (Å²) in [6.45, 7) is 0.0366. The molecule has 0 aliphatic carbocycles. The van der Waals surface area contributed by atoms with Crippen LogP contribution in [0, 0.1) is 0 Å². The van der Waals surface area contributed by atoms with Gasteiger partial charge in [0, 0.05) is 0 Å². The van der Waals surface area contributed by atoms with E-state index < -0.39 is 49.1 Å². The van der Waals surface area contributed by atoms with Gasteiger partial charge in [0.2, 0.25) is 0 Å². The van der Waals surface area contributed by atoms with Gasteiger partial charge in [0.05, 0.1) is 0 Å². The molecule has 4 atom stereocenters. The molecular weight excluding hydrogens is 268 g/mol. The number of hydrogen-bond acceptors (Lipinski definition) is 8. The second kappa shape index (κ2) is 7.51. The minimum Gasteiger partial charge on any atom is -0.450 e. The van der Waals surface area contributed by atoms with Crippen molar-refractivity contribution in [1.82, 2.24) is 0 Å². The summed E-state index contributed by atoms with van der Waals surface area (Å²) in [5.41, 5.74) is 0. The van der Waals surface area contributed by atoms with Crippen molar-refractivity contribution >= 4 is 18.1 Å². The Morgan fingerprint density at radius 1 is 1.00 bits per heavy atom. The molecule has 0 unspecified atom stereocenters. The summed E-state index contributed by atoms with van der Waals surface area (Å²) in [5, 5.41) is 44.7. The zero-order valence-electron chi connectivity index (χ0n) is 9.79. The summed E-state index contributed by atoms with van der Waals surface area (Å²) in [7, 11) is 0. The van der Waals surface area contributed by atoms with Crippen molar-refractivity contribution in [2.45, 2.75) is 31.3 Å². The van der Waals surface area contributed by atoms with E-state index in [1.165, 1.54) is 0 Å². The Kier molecular flexibility index (Phi) is 6.75. The highest BCUT2D eigenvalue weighted by Gasteiger charge is 2.37. The van der Waals surface area contributed by atoms with Crippen molar-refractivity contribution in [2.75, 3.05) is 6.61 Å². The Morgan fingerprint density at radius 2 is 1.53 bits per heavy atom. The summed E-state index contributed by atoms with van der Waals surface area (Å²) in [6.07, 6.45) is -11.4. The van der Waals surface area contributed by atoms with Gasteiger partial charge in [0.25, 0.3) is 0 Å². The number of hydrogen-bond donors (Lipinski definition) is 5. The molecule has 0 heterocycles. The van der Waals surface area contributed by atoms with Crippen LogP contribution in [-0.4, -0.2) is 74.6 Å². The second-order valence-electron chi connectivity index (χ2n) is 3.54. The monoisotopic (exact) mass is 282 g/mol. The molecule has 0 saturated carbocycles. The minimum absolute atomic E-state index is 0.870. The van der Waals surface area contributed by atoms with E-state index in [0.29, 0.717) is 0 Å². The molecule has 0 saturated heterocycles. The first-order valence-electron chi connectivity index (χ1n) is 4.96. The summed E-state index contributed by atoms with van der Waals surface area (Å²) >= 11 is 0. The maximum absolute atomic E-state index is 11.0. The van der Waals surface area contributed by atoms with Crippen LogP contribution in [0.5, 0.6) is 0 Å². The Bertz CT molecular complexity index is 340. The number of carbonyl (C=O) groups excluding carboxylic acids is 1. The van der Waals surface area contributed by atoms with Crippen LogP contribution in [0.25, 0.3) is 0 Å². The van der Waals surface area contributed by atoms with Gasteiger partial charge in [-0.2, -0.15) is 0 Å². The Balaban J connectivity index is 4.64. The average Bonchev–Trinajstić information content (AvgIpc) is 2.30. The lowest BCUT2D eigenvalue weighted by molar-refractivity contribution is -0.148. The van der Waals surface area contributed by atoms with Crippen molar-refractivity contribution in [3.8, 4) is 0 Å². The van der Waals surface area contributed by atoms with Crippen molar-refractivity contribution in [3.63, 3.8) is 0 Å². The molecule has 0 bridgehead atoms. The number of rotatable bonds is 7. The van der Waals surface area contributed by atoms with Gasteiger partial charge in [0.1, 0.15) is 24.9 Å². The lowest BCUT2D eigenvalue weighted by atomic mass is 10.0. The standard InChI is InChI=1S/C9H14O10/c1-3(10)7(19-9(16)17)6(13)5(12)4(11)2-18-8(14)15/h4-7,11-13H,2H2,1H3,(H,14,15)(H,16,17)/t4-,5-,6+,7+/m1/s1. The largest absolute Gasteiger partial charge is 0.506 e. The molecule has 0 fully saturated rings. The van der Waals surface area contributed by atoms with Crippen LogP contribution in [0.15, 0.2) is 0 Å². The van der Waals surface area contributed by atoms with Gasteiger partial charge in [-0.15, -0.1) is 0 Å². The van der Waals surface area contributed by atoms with E-state index in [9.17, 15) is 29.7 Å². The summed E-state index contributed by atoms with van der Waals surface area (Å²) < 4.78 is 8.01. The molecule has 10 nitrogen and oxygen atoms in total. The van der Waals surface area contributed by atoms with Crippen LogP contribution in [0.1, 0.15) is 6.92 Å². The molecular formula is C9H14O10. The predicted molar refractivity (Wildman–Crippen MR) is 55.6 cm³/mol. The molecule has 0 aromatic carbocycles. The summed E-state index contributed by atoms with van der Waals surface area (Å²) in [4.78, 5) is 31.4. The number of carboxylic acid groups (broad SMARTS) is 2. The highest BCUT2D eigenvalue weighted by molar-refractivity contribution is 5.83. The number of aliphatic hydroxyl groups excluding tert-OH is 3. The fourth-order valence-corrected chi connectivity index (χ4v) is 1.16. The number of ketones is 1. The van der Waals surface area contributed by atoms with Crippen LogP contribution in [0.4, 0.5) is 9.59 Å². The highest BCUT2D eigenvalue weighted by atomic mass is 16.7. The maximum atomic E-state index is 11.0. The van der Waals surface area contributed by atoms with Gasteiger partial charge in [-0.25, -0.2) is 9.59 Å². The fourth-order valence-electron chi connectivity index (χ4n) is 1.16. The quantitative estimate of drug-likeness (QED) is 0.343. The van der Waals surface area contributed by atoms with Crippen LogP contribution < -0.4 is 0 Å². The Labute approximate surface area is 106 Å². The zero-order valence-corrected chi connectivity index (χ0v) is 9.79. The molecule has 10 heteroatoms. The first-order valence-corrected chi connectivity index (χ1v) is 4.96. The van der Waals surface area contributed by atoms with Crippen LogP contribution >= 0.6 is 0 Å². The van der Waals surface area contributed by atoms with Gasteiger partial charge < -0.3 is 35.0 Å². The number of aliphatic hydroxyl groups is 3. The molecule has 0 aliphatic heterocycles. The molecule has 0 radical (unpaired) electrons. The molecule has 0 aliphatic rings. The Hall–Kier alpha value is -1.91. The number of Topliss-reactive ketones (excluding diaryl/α,β-unsaturated/α-hetero) is 1. The third-order valence-electron chi connectivity index (χ3n) is 2.06. The van der Waals surface area contributed by atoms with Gasteiger partial charge >= 0.3 is 12.3 Å². The Morgan fingerprint density at radius 3 is 1.89 bits per heavy atom. The lowest BCUT2D eigenvalue weighted by Crippen LogP contribution is -2.50. The molecule has 0 amide bonds.